The van der Waals surface area contributed by atoms with Crippen molar-refractivity contribution in [1.82, 2.24) is 10.6 Å². The van der Waals surface area contributed by atoms with Gasteiger partial charge in [0.1, 0.15) is 0 Å². The van der Waals surface area contributed by atoms with Crippen LogP contribution in [-0.4, -0.2) is 23.8 Å². The molecule has 1 saturated carbocycles. The third-order valence-corrected chi connectivity index (χ3v) is 4.92. The first-order valence-corrected chi connectivity index (χ1v) is 7.73. The number of aliphatic hydroxyl groups excluding tert-OH is 1. The molecule has 1 fully saturated rings. The maximum atomic E-state index is 12.0. The van der Waals surface area contributed by atoms with Crippen LogP contribution in [0, 0.1) is 5.41 Å². The average molecular weight is 341 g/mol. The van der Waals surface area contributed by atoms with Crippen LogP contribution in [0.5, 0.6) is 0 Å². The van der Waals surface area contributed by atoms with Crippen LogP contribution >= 0.6 is 15.9 Å². The van der Waals surface area contributed by atoms with E-state index in [9.17, 15) is 9.90 Å². The van der Waals surface area contributed by atoms with Crippen molar-refractivity contribution in [2.45, 2.75) is 38.8 Å². The fourth-order valence-electron chi connectivity index (χ4n) is 2.69. The summed E-state index contributed by atoms with van der Waals surface area (Å²) in [5.41, 5.74) is 0.851. The van der Waals surface area contributed by atoms with Crippen molar-refractivity contribution in [2.24, 2.45) is 5.41 Å². The molecule has 0 aliphatic heterocycles. The van der Waals surface area contributed by atoms with Crippen LogP contribution < -0.4 is 10.6 Å². The second kappa shape index (κ2) is 6.59. The van der Waals surface area contributed by atoms with Crippen molar-refractivity contribution in [2.75, 3.05) is 6.61 Å². The number of nitrogens with one attached hydrogen (secondary N) is 2. The molecule has 0 saturated heterocycles. The number of aliphatic hydroxyl groups is 1. The van der Waals surface area contributed by atoms with Crippen LogP contribution in [0.2, 0.25) is 0 Å². The van der Waals surface area contributed by atoms with Crippen LogP contribution in [0.3, 0.4) is 0 Å². The second-order valence-electron chi connectivity index (χ2n) is 5.68. The minimum Gasteiger partial charge on any atom is -0.396 e. The smallest absolute Gasteiger partial charge is 0.315 e. The molecule has 2 atom stereocenters. The normalized spacial score (nSPS) is 25.4. The maximum Gasteiger partial charge on any atom is 0.315 e. The SMILES string of the molecule is CC1(CO)CCCC1NC(=O)NCc1ccccc1Br. The van der Waals surface area contributed by atoms with Gasteiger partial charge in [-0.15, -0.1) is 0 Å². The van der Waals surface area contributed by atoms with E-state index in [-0.39, 0.29) is 24.1 Å². The van der Waals surface area contributed by atoms with Gasteiger partial charge in [-0.1, -0.05) is 47.5 Å². The van der Waals surface area contributed by atoms with Crippen molar-refractivity contribution in [3.8, 4) is 0 Å². The summed E-state index contributed by atoms with van der Waals surface area (Å²) in [5, 5.41) is 15.3. The van der Waals surface area contributed by atoms with E-state index in [0.29, 0.717) is 6.54 Å². The van der Waals surface area contributed by atoms with Gasteiger partial charge in [0.2, 0.25) is 0 Å². The number of urea groups is 1. The van der Waals surface area contributed by atoms with Crippen LogP contribution in [-0.2, 0) is 6.54 Å². The monoisotopic (exact) mass is 340 g/mol. The van der Waals surface area contributed by atoms with Gasteiger partial charge in [0.15, 0.2) is 0 Å². The van der Waals surface area contributed by atoms with Gasteiger partial charge >= 0.3 is 6.03 Å². The lowest BCUT2D eigenvalue weighted by molar-refractivity contribution is 0.121. The predicted octanol–water partition coefficient (Wildman–Crippen LogP) is 2.80. The summed E-state index contributed by atoms with van der Waals surface area (Å²) in [6.07, 6.45) is 2.93. The summed E-state index contributed by atoms with van der Waals surface area (Å²) in [5.74, 6) is 0. The molecule has 0 radical (unpaired) electrons. The molecule has 1 aromatic rings. The molecule has 1 aliphatic rings. The van der Waals surface area contributed by atoms with Gasteiger partial charge in [-0.05, 0) is 24.5 Å². The zero-order valence-electron chi connectivity index (χ0n) is 11.7. The van der Waals surface area contributed by atoms with Crippen LogP contribution in [0.15, 0.2) is 28.7 Å². The average Bonchev–Trinajstić information content (AvgIpc) is 2.80. The molecule has 20 heavy (non-hydrogen) atoms. The molecular formula is C15H21BrN2O2. The summed E-state index contributed by atoms with van der Waals surface area (Å²) >= 11 is 3.46. The first-order chi connectivity index (χ1) is 9.55. The van der Waals surface area contributed by atoms with Gasteiger partial charge in [-0.25, -0.2) is 4.79 Å². The zero-order chi connectivity index (χ0) is 14.6. The Hall–Kier alpha value is -1.07. The van der Waals surface area contributed by atoms with Crippen LogP contribution in [0.1, 0.15) is 31.7 Å². The van der Waals surface area contributed by atoms with Gasteiger partial charge in [-0.3, -0.25) is 0 Å². The lowest BCUT2D eigenvalue weighted by Gasteiger charge is -2.30. The summed E-state index contributed by atoms with van der Waals surface area (Å²) < 4.78 is 0.987. The molecular weight excluding hydrogens is 320 g/mol. The van der Waals surface area contributed by atoms with Crippen molar-refractivity contribution < 1.29 is 9.90 Å². The molecule has 2 rings (SSSR count). The molecule has 4 nitrogen and oxygen atoms in total. The molecule has 3 N–H and O–H groups in total. The van der Waals surface area contributed by atoms with Crippen molar-refractivity contribution in [3.05, 3.63) is 34.3 Å². The fraction of sp³-hybridized carbons (Fsp3) is 0.533. The van der Waals surface area contributed by atoms with E-state index < -0.39 is 0 Å². The summed E-state index contributed by atoms with van der Waals surface area (Å²) in [4.78, 5) is 12.0. The fourth-order valence-corrected chi connectivity index (χ4v) is 3.12. The molecule has 0 spiro atoms. The lowest BCUT2D eigenvalue weighted by Crippen LogP contribution is -2.48. The zero-order valence-corrected chi connectivity index (χ0v) is 13.2. The van der Waals surface area contributed by atoms with E-state index in [0.717, 1.165) is 29.3 Å². The van der Waals surface area contributed by atoms with Crippen molar-refractivity contribution >= 4 is 22.0 Å². The molecule has 110 valence electrons. The number of rotatable bonds is 4. The highest BCUT2D eigenvalue weighted by Crippen LogP contribution is 2.37. The van der Waals surface area contributed by atoms with E-state index in [2.05, 4.69) is 26.6 Å². The highest BCUT2D eigenvalue weighted by atomic mass is 79.9. The standard InChI is InChI=1S/C15H21BrN2O2/c1-15(10-19)8-4-7-13(15)18-14(20)17-9-11-5-2-3-6-12(11)16/h2-3,5-6,13,19H,4,7-10H2,1H3,(H2,17,18,20). The Morgan fingerprint density at radius 1 is 1.50 bits per heavy atom. The Labute approximate surface area is 128 Å². The van der Waals surface area contributed by atoms with Gasteiger partial charge in [0, 0.05) is 22.5 Å². The first-order valence-electron chi connectivity index (χ1n) is 6.94. The van der Waals surface area contributed by atoms with Gasteiger partial charge in [-0.2, -0.15) is 0 Å². The number of halogens is 1. The van der Waals surface area contributed by atoms with E-state index in [1.165, 1.54) is 0 Å². The number of hydrogen-bond donors (Lipinski definition) is 3. The largest absolute Gasteiger partial charge is 0.396 e. The quantitative estimate of drug-likeness (QED) is 0.789. The van der Waals surface area contributed by atoms with Crippen LogP contribution in [0.4, 0.5) is 4.79 Å². The summed E-state index contributed by atoms with van der Waals surface area (Å²) in [6.45, 7) is 2.62. The lowest BCUT2D eigenvalue weighted by atomic mass is 9.86. The highest BCUT2D eigenvalue weighted by Gasteiger charge is 2.39. The molecule has 1 aromatic carbocycles. The summed E-state index contributed by atoms with van der Waals surface area (Å²) in [7, 11) is 0. The van der Waals surface area contributed by atoms with E-state index in [1.54, 1.807) is 0 Å². The third kappa shape index (κ3) is 3.52. The molecule has 2 unspecified atom stereocenters. The number of carbonyl (C=O) groups excluding carboxylic acids is 1. The number of benzene rings is 1. The van der Waals surface area contributed by atoms with E-state index >= 15 is 0 Å². The second-order valence-corrected chi connectivity index (χ2v) is 6.53. The highest BCUT2D eigenvalue weighted by molar-refractivity contribution is 9.10. The molecule has 0 heterocycles. The van der Waals surface area contributed by atoms with E-state index in [1.807, 2.05) is 31.2 Å². The van der Waals surface area contributed by atoms with Crippen molar-refractivity contribution in [3.63, 3.8) is 0 Å². The van der Waals surface area contributed by atoms with Crippen LogP contribution in [0.25, 0.3) is 0 Å². The summed E-state index contributed by atoms with van der Waals surface area (Å²) in [6, 6.07) is 7.68. The molecule has 5 heteroatoms. The Kier molecular flexibility index (Phi) is 5.05. The topological polar surface area (TPSA) is 61.4 Å². The molecule has 2 amide bonds. The molecule has 0 aromatic heterocycles. The minimum atomic E-state index is -0.190. The van der Waals surface area contributed by atoms with Crippen molar-refractivity contribution in [1.29, 1.82) is 0 Å². The number of carbonyl (C=O) groups is 1. The molecule has 0 bridgehead atoms. The van der Waals surface area contributed by atoms with Gasteiger partial charge < -0.3 is 15.7 Å². The molecule has 1 aliphatic carbocycles. The maximum absolute atomic E-state index is 12.0. The Morgan fingerprint density at radius 3 is 2.95 bits per heavy atom. The Bertz CT molecular complexity index is 481. The minimum absolute atomic E-state index is 0.0479. The van der Waals surface area contributed by atoms with Gasteiger partial charge in [0.25, 0.3) is 0 Å². The first kappa shape index (κ1) is 15.3. The Balaban J connectivity index is 1.86. The van der Waals surface area contributed by atoms with Gasteiger partial charge in [0.05, 0.1) is 6.61 Å². The third-order valence-electron chi connectivity index (χ3n) is 4.15. The number of amides is 2. The Morgan fingerprint density at radius 2 is 2.25 bits per heavy atom. The predicted molar refractivity (Wildman–Crippen MR) is 82.3 cm³/mol. The van der Waals surface area contributed by atoms with E-state index in [4.69, 9.17) is 0 Å². The number of hydrogen-bond acceptors (Lipinski definition) is 2.